The summed E-state index contributed by atoms with van der Waals surface area (Å²) in [5.41, 5.74) is 2.23. The van der Waals surface area contributed by atoms with E-state index in [-0.39, 0.29) is 0 Å². The van der Waals surface area contributed by atoms with Gasteiger partial charge < -0.3 is 0 Å². The second kappa shape index (κ2) is 2.06. The van der Waals surface area contributed by atoms with E-state index in [2.05, 4.69) is 0 Å². The minimum Gasteiger partial charge on any atom is -0.138 e. The van der Waals surface area contributed by atoms with Gasteiger partial charge in [-0.15, -0.1) is 9.60 Å². The van der Waals surface area contributed by atoms with Crippen molar-refractivity contribution >= 4 is 0 Å². The molecule has 1 aliphatic rings. The summed E-state index contributed by atoms with van der Waals surface area (Å²) >= 11 is 0. The van der Waals surface area contributed by atoms with Crippen molar-refractivity contribution in [3.63, 3.8) is 0 Å². The highest BCUT2D eigenvalue weighted by Gasteiger charge is 2.16. The van der Waals surface area contributed by atoms with Crippen molar-refractivity contribution in [1.82, 2.24) is 5.12 Å². The number of hydrogen-bond acceptors (Lipinski definition) is 1. The predicted octanol–water partition coefficient (Wildman–Crippen LogP) is 1.89. The van der Waals surface area contributed by atoms with Gasteiger partial charge in [-0.3, -0.25) is 0 Å². The average Bonchev–Trinajstić information content (AvgIpc) is 2.27. The van der Waals surface area contributed by atoms with Crippen molar-refractivity contribution in [2.75, 3.05) is 0 Å². The lowest BCUT2D eigenvalue weighted by Crippen LogP contribution is -2.00. The van der Waals surface area contributed by atoms with E-state index in [1.807, 2.05) is 24.3 Å². The van der Waals surface area contributed by atoms with E-state index >= 15 is 0 Å². The van der Waals surface area contributed by atoms with Crippen molar-refractivity contribution in [1.29, 1.82) is 0 Å². The summed E-state index contributed by atoms with van der Waals surface area (Å²) < 4.78 is 12.5. The van der Waals surface area contributed by atoms with E-state index < -0.39 is 0 Å². The van der Waals surface area contributed by atoms with Crippen LogP contribution < -0.4 is 0 Å². The molecule has 0 aliphatic carbocycles. The minimum atomic E-state index is 0.455. The number of fused-ring (bicyclic) bond motifs is 1. The van der Waals surface area contributed by atoms with Gasteiger partial charge in [-0.25, -0.2) is 0 Å². The van der Waals surface area contributed by atoms with Crippen LogP contribution in [0.1, 0.15) is 11.1 Å². The average molecular weight is 137 g/mol. The standard InChI is InChI=1S/C8H8FN/c9-10-5-7-3-1-2-4-8(7)6-10/h1-4H,5-6H2. The Kier molecular flexibility index (Phi) is 1.21. The van der Waals surface area contributed by atoms with E-state index in [0.29, 0.717) is 13.1 Å². The van der Waals surface area contributed by atoms with Crippen LogP contribution in [0.4, 0.5) is 4.48 Å². The quantitative estimate of drug-likeness (QED) is 0.493. The number of halogens is 1. The van der Waals surface area contributed by atoms with Crippen molar-refractivity contribution in [2.24, 2.45) is 0 Å². The Morgan fingerprint density at radius 3 is 2.10 bits per heavy atom. The molecule has 0 unspecified atom stereocenters. The van der Waals surface area contributed by atoms with E-state index in [1.165, 1.54) is 0 Å². The molecule has 1 nitrogen and oxygen atoms in total. The smallest absolute Gasteiger partial charge is 0.0548 e. The van der Waals surface area contributed by atoms with Gasteiger partial charge in [-0.05, 0) is 11.1 Å². The molecule has 0 saturated heterocycles. The van der Waals surface area contributed by atoms with E-state index in [0.717, 1.165) is 16.2 Å². The molecular weight excluding hydrogens is 129 g/mol. The molecule has 1 aromatic carbocycles. The molecule has 0 saturated carbocycles. The monoisotopic (exact) mass is 137 g/mol. The zero-order chi connectivity index (χ0) is 6.97. The molecule has 0 aromatic heterocycles. The molecule has 0 atom stereocenters. The zero-order valence-electron chi connectivity index (χ0n) is 5.55. The SMILES string of the molecule is FN1Cc2ccccc2C1. The summed E-state index contributed by atoms with van der Waals surface area (Å²) in [4.78, 5) is 0. The zero-order valence-corrected chi connectivity index (χ0v) is 5.55. The van der Waals surface area contributed by atoms with Gasteiger partial charge in [0.1, 0.15) is 0 Å². The number of nitrogens with zero attached hydrogens (tertiary/aromatic N) is 1. The van der Waals surface area contributed by atoms with Gasteiger partial charge in [-0.2, -0.15) is 0 Å². The Morgan fingerprint density at radius 1 is 1.10 bits per heavy atom. The third-order valence-corrected chi connectivity index (χ3v) is 1.80. The summed E-state index contributed by atoms with van der Waals surface area (Å²) in [6.07, 6.45) is 0. The summed E-state index contributed by atoms with van der Waals surface area (Å²) in [6, 6.07) is 7.82. The highest BCUT2D eigenvalue weighted by molar-refractivity contribution is 5.29. The maximum Gasteiger partial charge on any atom is 0.0548 e. The van der Waals surface area contributed by atoms with Crippen LogP contribution in [0, 0.1) is 0 Å². The fourth-order valence-electron chi connectivity index (χ4n) is 1.29. The van der Waals surface area contributed by atoms with Crippen LogP contribution in [0.5, 0.6) is 0 Å². The van der Waals surface area contributed by atoms with Crippen LogP contribution in [-0.4, -0.2) is 5.12 Å². The molecule has 2 rings (SSSR count). The molecular formula is C8H8FN. The molecule has 0 bridgehead atoms. The number of rotatable bonds is 0. The van der Waals surface area contributed by atoms with Crippen LogP contribution >= 0.6 is 0 Å². The molecule has 0 radical (unpaired) electrons. The van der Waals surface area contributed by atoms with Crippen LogP contribution in [0.2, 0.25) is 0 Å². The van der Waals surface area contributed by atoms with Crippen LogP contribution in [0.3, 0.4) is 0 Å². The van der Waals surface area contributed by atoms with Gasteiger partial charge >= 0.3 is 0 Å². The van der Waals surface area contributed by atoms with Gasteiger partial charge in [0.05, 0.1) is 13.1 Å². The third kappa shape index (κ3) is 0.809. The van der Waals surface area contributed by atoms with Gasteiger partial charge in [0.25, 0.3) is 0 Å². The number of benzene rings is 1. The van der Waals surface area contributed by atoms with E-state index in [4.69, 9.17) is 0 Å². The van der Waals surface area contributed by atoms with Gasteiger partial charge in [0.15, 0.2) is 0 Å². The fourth-order valence-corrected chi connectivity index (χ4v) is 1.29. The molecule has 0 spiro atoms. The molecule has 0 amide bonds. The van der Waals surface area contributed by atoms with Gasteiger partial charge in [0.2, 0.25) is 0 Å². The van der Waals surface area contributed by atoms with Crippen molar-refractivity contribution in [2.45, 2.75) is 13.1 Å². The lowest BCUT2D eigenvalue weighted by atomic mass is 10.1. The lowest BCUT2D eigenvalue weighted by Gasteiger charge is -1.95. The predicted molar refractivity (Wildman–Crippen MR) is 36.8 cm³/mol. The maximum atomic E-state index is 12.5. The molecule has 1 aliphatic heterocycles. The Morgan fingerprint density at radius 2 is 1.60 bits per heavy atom. The largest absolute Gasteiger partial charge is 0.138 e. The lowest BCUT2D eigenvalue weighted by molar-refractivity contribution is 0.0211. The minimum absolute atomic E-state index is 0.455. The second-order valence-corrected chi connectivity index (χ2v) is 2.55. The molecule has 2 heteroatoms. The van der Waals surface area contributed by atoms with Crippen molar-refractivity contribution in [3.8, 4) is 0 Å². The summed E-state index contributed by atoms with van der Waals surface area (Å²) in [5, 5.41) is 0.824. The Bertz CT molecular complexity index is 222. The third-order valence-electron chi connectivity index (χ3n) is 1.80. The van der Waals surface area contributed by atoms with E-state index in [1.54, 1.807) is 0 Å². The topological polar surface area (TPSA) is 3.24 Å². The Balaban J connectivity index is 2.42. The molecule has 1 aromatic rings. The molecule has 0 N–H and O–H groups in total. The van der Waals surface area contributed by atoms with E-state index in [9.17, 15) is 4.48 Å². The first-order chi connectivity index (χ1) is 4.86. The molecule has 10 heavy (non-hydrogen) atoms. The van der Waals surface area contributed by atoms with Crippen molar-refractivity contribution < 1.29 is 4.48 Å². The Labute approximate surface area is 59.0 Å². The van der Waals surface area contributed by atoms with Gasteiger partial charge in [0, 0.05) is 0 Å². The fraction of sp³-hybridized carbons (Fsp3) is 0.250. The summed E-state index contributed by atoms with van der Waals surface area (Å²) in [6.45, 7) is 0.909. The maximum absolute atomic E-state index is 12.5. The highest BCUT2D eigenvalue weighted by atomic mass is 19.2. The van der Waals surface area contributed by atoms with Crippen LogP contribution in [0.15, 0.2) is 24.3 Å². The molecule has 0 fully saturated rings. The summed E-state index contributed by atoms with van der Waals surface area (Å²) in [5.74, 6) is 0. The highest BCUT2D eigenvalue weighted by Crippen LogP contribution is 2.21. The molecule has 1 heterocycles. The van der Waals surface area contributed by atoms with Gasteiger partial charge in [-0.1, -0.05) is 24.3 Å². The Hall–Kier alpha value is -0.890. The number of hydrogen-bond donors (Lipinski definition) is 0. The first-order valence-corrected chi connectivity index (χ1v) is 3.34. The second-order valence-electron chi connectivity index (χ2n) is 2.55. The van der Waals surface area contributed by atoms with Crippen LogP contribution in [0.25, 0.3) is 0 Å². The molecule has 52 valence electrons. The van der Waals surface area contributed by atoms with Crippen LogP contribution in [-0.2, 0) is 13.1 Å². The normalized spacial score (nSPS) is 17.3. The summed E-state index contributed by atoms with van der Waals surface area (Å²) in [7, 11) is 0. The van der Waals surface area contributed by atoms with Crippen molar-refractivity contribution in [3.05, 3.63) is 35.4 Å². The first-order valence-electron chi connectivity index (χ1n) is 3.34. The first kappa shape index (κ1) is 5.86.